The molecule has 0 aliphatic carbocycles. The van der Waals surface area contributed by atoms with Gasteiger partial charge in [0.25, 0.3) is 5.60 Å². The molecule has 0 spiro atoms. The number of ether oxygens (including phenoxy) is 1. The van der Waals surface area contributed by atoms with Gasteiger partial charge in [-0.2, -0.15) is 26.3 Å². The Hall–Kier alpha value is -3.01. The third kappa shape index (κ3) is 3.41. The molecule has 0 aliphatic rings. The van der Waals surface area contributed by atoms with Crippen LogP contribution in [0.15, 0.2) is 48.5 Å². The zero-order chi connectivity index (χ0) is 22.3. The van der Waals surface area contributed by atoms with Gasteiger partial charge in [-0.1, -0.05) is 36.4 Å². The van der Waals surface area contributed by atoms with Crippen LogP contribution in [0.5, 0.6) is 0 Å². The van der Waals surface area contributed by atoms with Crippen molar-refractivity contribution in [3.63, 3.8) is 0 Å². The minimum absolute atomic E-state index is 0.00950. The van der Waals surface area contributed by atoms with Crippen molar-refractivity contribution >= 4 is 16.9 Å². The van der Waals surface area contributed by atoms with E-state index in [0.29, 0.717) is 17.7 Å². The molecule has 2 N–H and O–H groups in total. The van der Waals surface area contributed by atoms with E-state index in [-0.39, 0.29) is 28.8 Å². The molecule has 4 nitrogen and oxygen atoms in total. The number of H-pyrrole nitrogens is 1. The van der Waals surface area contributed by atoms with Crippen molar-refractivity contribution in [3.8, 4) is 11.1 Å². The van der Waals surface area contributed by atoms with Gasteiger partial charge in [-0.05, 0) is 24.6 Å². The fourth-order valence-corrected chi connectivity index (χ4v) is 3.17. The van der Waals surface area contributed by atoms with Crippen molar-refractivity contribution in [3.05, 3.63) is 59.8 Å². The second-order valence-electron chi connectivity index (χ2n) is 6.43. The highest BCUT2D eigenvalue weighted by atomic mass is 19.4. The molecule has 0 saturated carbocycles. The van der Waals surface area contributed by atoms with Crippen molar-refractivity contribution in [2.24, 2.45) is 0 Å². The number of fused-ring (bicyclic) bond motifs is 1. The van der Waals surface area contributed by atoms with E-state index in [9.17, 15) is 36.2 Å². The number of aromatic nitrogens is 1. The van der Waals surface area contributed by atoms with Crippen molar-refractivity contribution < 1.29 is 41.0 Å². The molecular weight excluding hydrogens is 416 g/mol. The van der Waals surface area contributed by atoms with Gasteiger partial charge in [0.05, 0.1) is 6.61 Å². The van der Waals surface area contributed by atoms with Crippen molar-refractivity contribution in [1.82, 2.24) is 4.98 Å². The van der Waals surface area contributed by atoms with Gasteiger partial charge in [0, 0.05) is 22.0 Å². The number of hydrogen-bond donors (Lipinski definition) is 2. The van der Waals surface area contributed by atoms with Crippen LogP contribution >= 0.6 is 0 Å². The number of hydrogen-bond acceptors (Lipinski definition) is 3. The lowest BCUT2D eigenvalue weighted by Crippen LogP contribution is -2.53. The molecule has 3 rings (SSSR count). The smallest absolute Gasteiger partial charge is 0.430 e. The summed E-state index contributed by atoms with van der Waals surface area (Å²) in [4.78, 5) is 15.0. The van der Waals surface area contributed by atoms with Crippen LogP contribution in [0, 0.1) is 0 Å². The maximum Gasteiger partial charge on any atom is 0.430 e. The zero-order valence-electron chi connectivity index (χ0n) is 15.4. The van der Waals surface area contributed by atoms with Crippen LogP contribution < -0.4 is 0 Å². The maximum atomic E-state index is 13.3. The van der Waals surface area contributed by atoms with E-state index in [0.717, 1.165) is 6.07 Å². The van der Waals surface area contributed by atoms with Crippen LogP contribution in [0.1, 0.15) is 23.0 Å². The van der Waals surface area contributed by atoms with Crippen molar-refractivity contribution in [1.29, 1.82) is 0 Å². The molecule has 0 radical (unpaired) electrons. The summed E-state index contributed by atoms with van der Waals surface area (Å²) in [5.41, 5.74) is -6.08. The Balaban J connectivity index is 2.34. The van der Waals surface area contributed by atoms with Gasteiger partial charge in [-0.3, -0.25) is 0 Å². The van der Waals surface area contributed by atoms with Crippen LogP contribution in [0.25, 0.3) is 22.0 Å². The molecule has 3 aromatic rings. The van der Waals surface area contributed by atoms with Gasteiger partial charge < -0.3 is 14.8 Å². The van der Waals surface area contributed by atoms with Gasteiger partial charge in [0.2, 0.25) is 0 Å². The Morgan fingerprint density at radius 2 is 1.60 bits per heavy atom. The minimum Gasteiger partial charge on any atom is -0.461 e. The summed E-state index contributed by atoms with van der Waals surface area (Å²) in [5, 5.41) is 9.62. The van der Waals surface area contributed by atoms with Crippen molar-refractivity contribution in [2.75, 3.05) is 6.61 Å². The first kappa shape index (κ1) is 21.7. The topological polar surface area (TPSA) is 62.3 Å². The van der Waals surface area contributed by atoms with Gasteiger partial charge in [-0.15, -0.1) is 0 Å². The summed E-state index contributed by atoms with van der Waals surface area (Å²) < 4.78 is 84.7. The second kappa shape index (κ2) is 7.35. The average molecular weight is 431 g/mol. The monoisotopic (exact) mass is 431 g/mol. The largest absolute Gasteiger partial charge is 0.461 e. The maximum absolute atomic E-state index is 13.3. The van der Waals surface area contributed by atoms with E-state index < -0.39 is 29.5 Å². The molecule has 160 valence electrons. The first-order valence-electron chi connectivity index (χ1n) is 8.66. The van der Waals surface area contributed by atoms with Crippen LogP contribution in [0.3, 0.4) is 0 Å². The van der Waals surface area contributed by atoms with Gasteiger partial charge in [-0.25, -0.2) is 4.79 Å². The Labute approximate surface area is 166 Å². The van der Waals surface area contributed by atoms with Crippen LogP contribution in [-0.2, 0) is 10.3 Å². The van der Waals surface area contributed by atoms with Crippen LogP contribution in [0.2, 0.25) is 0 Å². The van der Waals surface area contributed by atoms with Gasteiger partial charge >= 0.3 is 18.3 Å². The molecule has 0 aliphatic heterocycles. The average Bonchev–Trinajstić information content (AvgIpc) is 3.05. The Morgan fingerprint density at radius 3 is 2.13 bits per heavy atom. The van der Waals surface area contributed by atoms with E-state index in [1.54, 1.807) is 25.1 Å². The highest BCUT2D eigenvalue weighted by Gasteiger charge is 2.71. The molecule has 30 heavy (non-hydrogen) atoms. The SMILES string of the molecule is CCOC(=O)c1[nH]c2ccc(C(O)(C(F)(F)F)C(F)(F)F)cc2c1-c1ccccc1. The number of alkyl halides is 6. The third-order valence-electron chi connectivity index (χ3n) is 4.58. The lowest BCUT2D eigenvalue weighted by molar-refractivity contribution is -0.376. The lowest BCUT2D eigenvalue weighted by Gasteiger charge is -2.32. The number of halogens is 6. The highest BCUT2D eigenvalue weighted by Crippen LogP contribution is 2.50. The lowest BCUT2D eigenvalue weighted by atomic mass is 9.90. The molecule has 1 aromatic heterocycles. The number of benzene rings is 2. The molecule has 0 fully saturated rings. The number of nitrogens with one attached hydrogen (secondary N) is 1. The predicted octanol–water partition coefficient (Wildman–Crippen LogP) is 5.32. The number of rotatable bonds is 4. The van der Waals surface area contributed by atoms with E-state index in [1.807, 2.05) is 0 Å². The number of aromatic amines is 1. The number of esters is 1. The number of carbonyl (C=O) groups excluding carboxylic acids is 1. The van der Waals surface area contributed by atoms with E-state index in [4.69, 9.17) is 4.74 Å². The summed E-state index contributed by atoms with van der Waals surface area (Å²) in [5.74, 6) is -0.823. The first-order chi connectivity index (χ1) is 13.9. The third-order valence-corrected chi connectivity index (χ3v) is 4.58. The van der Waals surface area contributed by atoms with Crippen LogP contribution in [0.4, 0.5) is 26.3 Å². The summed E-state index contributed by atoms with van der Waals surface area (Å²) in [7, 11) is 0. The van der Waals surface area contributed by atoms with Crippen LogP contribution in [-0.4, -0.2) is 35.0 Å². The molecule has 2 aromatic carbocycles. The first-order valence-corrected chi connectivity index (χ1v) is 8.66. The second-order valence-corrected chi connectivity index (χ2v) is 6.43. The van der Waals surface area contributed by atoms with E-state index in [2.05, 4.69) is 4.98 Å². The molecule has 0 amide bonds. The summed E-state index contributed by atoms with van der Waals surface area (Å²) >= 11 is 0. The fourth-order valence-electron chi connectivity index (χ4n) is 3.17. The molecule has 0 saturated heterocycles. The number of carbonyl (C=O) groups is 1. The highest BCUT2D eigenvalue weighted by molar-refractivity contribution is 6.08. The quantitative estimate of drug-likeness (QED) is 0.434. The molecule has 0 bridgehead atoms. The molecule has 0 unspecified atom stereocenters. The summed E-state index contributed by atoms with van der Waals surface area (Å²) in [6, 6.07) is 9.96. The molecule has 1 heterocycles. The standard InChI is InChI=1S/C20H15F6NO3/c1-2-30-17(28)16-15(11-6-4-3-5-7-11)13-10-12(8-9-14(13)27-16)18(29,19(21,22)23)20(24,25)26/h3-10,27,29H,2H2,1H3. The number of aliphatic hydroxyl groups is 1. The van der Waals surface area contributed by atoms with Crippen molar-refractivity contribution in [2.45, 2.75) is 24.9 Å². The Bertz CT molecular complexity index is 1060. The molecule has 10 heteroatoms. The predicted molar refractivity (Wildman–Crippen MR) is 95.7 cm³/mol. The molecular formula is C20H15F6NO3. The Kier molecular flexibility index (Phi) is 5.32. The minimum atomic E-state index is -6.02. The van der Waals surface area contributed by atoms with Gasteiger partial charge in [0.15, 0.2) is 0 Å². The van der Waals surface area contributed by atoms with E-state index >= 15 is 0 Å². The van der Waals surface area contributed by atoms with Gasteiger partial charge in [0.1, 0.15) is 5.69 Å². The summed E-state index contributed by atoms with van der Waals surface area (Å²) in [6.45, 7) is 1.56. The molecule has 0 atom stereocenters. The zero-order valence-corrected chi connectivity index (χ0v) is 15.4. The normalized spacial score (nSPS) is 12.9. The Morgan fingerprint density at radius 1 is 1.00 bits per heavy atom. The fraction of sp³-hybridized carbons (Fsp3) is 0.250. The summed E-state index contributed by atoms with van der Waals surface area (Å²) in [6.07, 6.45) is -12.0. The van der Waals surface area contributed by atoms with E-state index in [1.165, 1.54) is 12.1 Å².